The number of ether oxygens (including phenoxy) is 1. The molecule has 1 aromatic rings. The maximum atomic E-state index is 12.1. The van der Waals surface area contributed by atoms with Gasteiger partial charge in [0.2, 0.25) is 0 Å². The second-order valence-corrected chi connectivity index (χ2v) is 5.74. The summed E-state index contributed by atoms with van der Waals surface area (Å²) in [6.07, 6.45) is 4.78. The van der Waals surface area contributed by atoms with Crippen LogP contribution in [-0.4, -0.2) is 28.5 Å². The van der Waals surface area contributed by atoms with Gasteiger partial charge in [-0.2, -0.15) is 5.10 Å². The molecule has 0 radical (unpaired) electrons. The topological polar surface area (TPSA) is 56.1 Å². The van der Waals surface area contributed by atoms with E-state index >= 15 is 0 Å². The summed E-state index contributed by atoms with van der Waals surface area (Å²) >= 11 is 3.38. The lowest BCUT2D eigenvalue weighted by molar-refractivity contribution is 0.0232. The van der Waals surface area contributed by atoms with Crippen molar-refractivity contribution < 1.29 is 4.74 Å². The SMILES string of the molecule is CCCn1ncc(NC2CCOC(C)C2)c(Br)c1=O. The van der Waals surface area contributed by atoms with Crippen molar-refractivity contribution in [1.29, 1.82) is 0 Å². The van der Waals surface area contributed by atoms with Crippen molar-refractivity contribution in [2.45, 2.75) is 51.8 Å². The summed E-state index contributed by atoms with van der Waals surface area (Å²) < 4.78 is 7.57. The molecule has 1 aliphatic rings. The lowest BCUT2D eigenvalue weighted by Crippen LogP contribution is -2.33. The molecule has 1 saturated heterocycles. The lowest BCUT2D eigenvalue weighted by atomic mass is 10.0. The summed E-state index contributed by atoms with van der Waals surface area (Å²) in [6.45, 7) is 5.50. The zero-order chi connectivity index (χ0) is 13.8. The van der Waals surface area contributed by atoms with E-state index in [0.717, 1.165) is 31.6 Å². The quantitative estimate of drug-likeness (QED) is 0.921. The van der Waals surface area contributed by atoms with Crippen LogP contribution in [0.4, 0.5) is 5.69 Å². The molecule has 0 saturated carbocycles. The van der Waals surface area contributed by atoms with Crippen molar-refractivity contribution in [3.8, 4) is 0 Å². The van der Waals surface area contributed by atoms with Gasteiger partial charge in [-0.25, -0.2) is 4.68 Å². The van der Waals surface area contributed by atoms with Gasteiger partial charge in [0.05, 0.1) is 18.0 Å². The predicted molar refractivity (Wildman–Crippen MR) is 78.5 cm³/mol. The molecule has 2 atom stereocenters. The number of halogens is 1. The lowest BCUT2D eigenvalue weighted by Gasteiger charge is -2.28. The van der Waals surface area contributed by atoms with Gasteiger partial charge >= 0.3 is 0 Å². The smallest absolute Gasteiger partial charge is 0.283 e. The molecular weight excluding hydrogens is 310 g/mol. The minimum atomic E-state index is -0.0769. The number of aryl methyl sites for hydroxylation is 1. The number of nitrogens with zero attached hydrogens (tertiary/aromatic N) is 2. The highest BCUT2D eigenvalue weighted by Gasteiger charge is 2.20. The Bertz CT molecular complexity index is 489. The van der Waals surface area contributed by atoms with Gasteiger partial charge in [-0.1, -0.05) is 6.92 Å². The van der Waals surface area contributed by atoms with Gasteiger partial charge in [-0.15, -0.1) is 0 Å². The molecule has 5 nitrogen and oxygen atoms in total. The van der Waals surface area contributed by atoms with Gasteiger partial charge < -0.3 is 10.1 Å². The molecule has 19 heavy (non-hydrogen) atoms. The molecule has 0 bridgehead atoms. The van der Waals surface area contributed by atoms with Crippen LogP contribution < -0.4 is 10.9 Å². The van der Waals surface area contributed by atoms with E-state index in [4.69, 9.17) is 4.74 Å². The van der Waals surface area contributed by atoms with E-state index in [1.54, 1.807) is 6.20 Å². The summed E-state index contributed by atoms with van der Waals surface area (Å²) in [4.78, 5) is 12.1. The first kappa shape index (κ1) is 14.5. The Kier molecular flexibility index (Phi) is 4.99. The number of hydrogen-bond acceptors (Lipinski definition) is 4. The van der Waals surface area contributed by atoms with E-state index in [1.165, 1.54) is 4.68 Å². The number of aromatic nitrogens is 2. The monoisotopic (exact) mass is 329 g/mol. The molecule has 1 fully saturated rings. The molecule has 0 amide bonds. The van der Waals surface area contributed by atoms with Gasteiger partial charge in [-0.05, 0) is 42.1 Å². The van der Waals surface area contributed by atoms with Crippen molar-refractivity contribution in [2.24, 2.45) is 0 Å². The van der Waals surface area contributed by atoms with Crippen molar-refractivity contribution in [2.75, 3.05) is 11.9 Å². The van der Waals surface area contributed by atoms with Crippen LogP contribution in [0.25, 0.3) is 0 Å². The zero-order valence-corrected chi connectivity index (χ0v) is 12.9. The maximum Gasteiger partial charge on any atom is 0.283 e. The van der Waals surface area contributed by atoms with Gasteiger partial charge in [0.1, 0.15) is 4.47 Å². The van der Waals surface area contributed by atoms with Crippen LogP contribution >= 0.6 is 15.9 Å². The molecule has 2 heterocycles. The Balaban J connectivity index is 2.12. The van der Waals surface area contributed by atoms with Crippen LogP contribution in [0.2, 0.25) is 0 Å². The minimum absolute atomic E-state index is 0.0769. The van der Waals surface area contributed by atoms with Crippen LogP contribution in [-0.2, 0) is 11.3 Å². The van der Waals surface area contributed by atoms with Crippen molar-refractivity contribution in [1.82, 2.24) is 9.78 Å². The van der Waals surface area contributed by atoms with Gasteiger partial charge in [0.15, 0.2) is 0 Å². The second kappa shape index (κ2) is 6.52. The number of hydrogen-bond donors (Lipinski definition) is 1. The number of nitrogens with one attached hydrogen (secondary N) is 1. The third-order valence-electron chi connectivity index (χ3n) is 3.27. The van der Waals surface area contributed by atoms with Crippen LogP contribution in [0.1, 0.15) is 33.1 Å². The number of anilines is 1. The summed E-state index contributed by atoms with van der Waals surface area (Å²) in [5.74, 6) is 0. The van der Waals surface area contributed by atoms with Crippen LogP contribution in [0.5, 0.6) is 0 Å². The van der Waals surface area contributed by atoms with Crippen molar-refractivity contribution >= 4 is 21.6 Å². The molecule has 0 aromatic carbocycles. The second-order valence-electron chi connectivity index (χ2n) is 4.95. The van der Waals surface area contributed by atoms with E-state index in [9.17, 15) is 4.79 Å². The highest BCUT2D eigenvalue weighted by molar-refractivity contribution is 9.10. The Labute approximate surface area is 121 Å². The van der Waals surface area contributed by atoms with Crippen LogP contribution in [0.15, 0.2) is 15.5 Å². The first-order valence-corrected chi connectivity index (χ1v) is 7.55. The van der Waals surface area contributed by atoms with E-state index in [0.29, 0.717) is 17.1 Å². The average molecular weight is 330 g/mol. The van der Waals surface area contributed by atoms with Crippen molar-refractivity contribution in [3.05, 3.63) is 21.0 Å². The highest BCUT2D eigenvalue weighted by Crippen LogP contribution is 2.22. The highest BCUT2D eigenvalue weighted by atomic mass is 79.9. The zero-order valence-electron chi connectivity index (χ0n) is 11.4. The van der Waals surface area contributed by atoms with Gasteiger partial charge in [-0.3, -0.25) is 4.79 Å². The predicted octanol–water partition coefficient (Wildman–Crippen LogP) is 2.40. The summed E-state index contributed by atoms with van der Waals surface area (Å²) in [6, 6.07) is 0.336. The van der Waals surface area contributed by atoms with E-state index in [2.05, 4.69) is 33.3 Å². The Hall–Kier alpha value is -0.880. The third-order valence-corrected chi connectivity index (χ3v) is 4.03. The molecule has 1 aromatic heterocycles. The maximum absolute atomic E-state index is 12.1. The van der Waals surface area contributed by atoms with Gasteiger partial charge in [0, 0.05) is 19.2 Å². The first-order valence-electron chi connectivity index (χ1n) is 6.75. The van der Waals surface area contributed by atoms with Crippen LogP contribution in [0.3, 0.4) is 0 Å². The fourth-order valence-corrected chi connectivity index (χ4v) is 2.71. The van der Waals surface area contributed by atoms with E-state index in [-0.39, 0.29) is 11.7 Å². The Morgan fingerprint density at radius 1 is 1.63 bits per heavy atom. The third kappa shape index (κ3) is 3.57. The summed E-state index contributed by atoms with van der Waals surface area (Å²) in [7, 11) is 0. The molecule has 106 valence electrons. The fraction of sp³-hybridized carbons (Fsp3) is 0.692. The van der Waals surface area contributed by atoms with E-state index < -0.39 is 0 Å². The minimum Gasteiger partial charge on any atom is -0.380 e. The summed E-state index contributed by atoms with van der Waals surface area (Å²) in [5.41, 5.74) is 0.698. The average Bonchev–Trinajstić information content (AvgIpc) is 2.39. The Morgan fingerprint density at radius 2 is 2.42 bits per heavy atom. The van der Waals surface area contributed by atoms with Crippen molar-refractivity contribution in [3.63, 3.8) is 0 Å². The molecule has 2 rings (SSSR count). The van der Waals surface area contributed by atoms with E-state index in [1.807, 2.05) is 6.92 Å². The molecule has 0 aliphatic carbocycles. The first-order chi connectivity index (χ1) is 9.11. The molecule has 6 heteroatoms. The fourth-order valence-electron chi connectivity index (χ4n) is 2.29. The van der Waals surface area contributed by atoms with Crippen LogP contribution in [0, 0.1) is 0 Å². The summed E-state index contributed by atoms with van der Waals surface area (Å²) in [5, 5.41) is 7.58. The molecular formula is C13H20BrN3O2. The standard InChI is InChI=1S/C13H20BrN3O2/c1-3-5-17-13(18)12(14)11(8-15-17)16-10-4-6-19-9(2)7-10/h8-10,16H,3-7H2,1-2H3. The Morgan fingerprint density at radius 3 is 3.11 bits per heavy atom. The molecule has 1 N–H and O–H groups in total. The normalized spacial score (nSPS) is 23.3. The molecule has 2 unspecified atom stereocenters. The number of rotatable bonds is 4. The molecule has 0 spiro atoms. The molecule has 1 aliphatic heterocycles. The van der Waals surface area contributed by atoms with Gasteiger partial charge in [0.25, 0.3) is 5.56 Å². The largest absolute Gasteiger partial charge is 0.380 e.